The number of benzene rings is 1. The van der Waals surface area contributed by atoms with Gasteiger partial charge in [0.2, 0.25) is 11.8 Å². The zero-order valence-electron chi connectivity index (χ0n) is 18.1. The van der Waals surface area contributed by atoms with Gasteiger partial charge < -0.3 is 24.9 Å². The molecule has 8 heteroatoms. The first-order valence-corrected chi connectivity index (χ1v) is 10.7. The van der Waals surface area contributed by atoms with Crippen molar-refractivity contribution in [3.05, 3.63) is 59.5 Å². The van der Waals surface area contributed by atoms with Crippen LogP contribution < -0.4 is 15.5 Å². The van der Waals surface area contributed by atoms with E-state index in [9.17, 15) is 14.4 Å². The lowest BCUT2D eigenvalue weighted by atomic mass is 10.0. The summed E-state index contributed by atoms with van der Waals surface area (Å²) in [7, 11) is 0. The van der Waals surface area contributed by atoms with Crippen LogP contribution in [0.5, 0.6) is 0 Å². The first-order valence-electron chi connectivity index (χ1n) is 10.7. The summed E-state index contributed by atoms with van der Waals surface area (Å²) in [6.07, 6.45) is 1.39. The van der Waals surface area contributed by atoms with Gasteiger partial charge in [0.25, 0.3) is 5.91 Å². The van der Waals surface area contributed by atoms with Crippen molar-refractivity contribution in [2.45, 2.75) is 26.3 Å². The number of nitrogens with one attached hydrogen (secondary N) is 3. The Morgan fingerprint density at radius 2 is 1.74 bits per heavy atom. The van der Waals surface area contributed by atoms with Crippen LogP contribution in [-0.2, 0) is 16.1 Å². The van der Waals surface area contributed by atoms with Crippen molar-refractivity contribution in [1.82, 2.24) is 15.5 Å². The quantitative estimate of drug-likeness (QED) is 0.560. The first kappa shape index (κ1) is 22.6. The number of hydrogen-bond acceptors (Lipinski definition) is 4. The molecule has 1 aromatic carbocycles. The molecule has 1 fully saturated rings. The Bertz CT molecular complexity index is 869. The van der Waals surface area contributed by atoms with Gasteiger partial charge in [-0.25, -0.2) is 0 Å². The van der Waals surface area contributed by atoms with Crippen molar-refractivity contribution < 1.29 is 23.7 Å². The van der Waals surface area contributed by atoms with E-state index in [0.717, 1.165) is 19.6 Å². The van der Waals surface area contributed by atoms with Crippen LogP contribution in [0.2, 0.25) is 0 Å². The third-order valence-electron chi connectivity index (χ3n) is 5.52. The summed E-state index contributed by atoms with van der Waals surface area (Å²) >= 11 is 0. The molecule has 1 aromatic heterocycles. The first-order chi connectivity index (χ1) is 14.9. The molecule has 0 atom stereocenters. The zero-order chi connectivity index (χ0) is 22.2. The molecule has 0 saturated carbocycles. The maximum atomic E-state index is 12.4. The molecule has 0 spiro atoms. The topological polar surface area (TPSA) is 96.1 Å². The fraction of sp³-hybridized carbons (Fsp3) is 0.435. The van der Waals surface area contributed by atoms with E-state index in [2.05, 4.69) is 48.7 Å². The summed E-state index contributed by atoms with van der Waals surface area (Å²) in [4.78, 5) is 39.3. The molecule has 1 aliphatic heterocycles. The molecule has 0 unspecified atom stereocenters. The van der Waals surface area contributed by atoms with E-state index in [0.29, 0.717) is 19.0 Å². The van der Waals surface area contributed by atoms with E-state index >= 15 is 0 Å². The number of nitrogens with zero attached hydrogens (tertiary/aromatic N) is 1. The smallest absolute Gasteiger partial charge is 0.287 e. The van der Waals surface area contributed by atoms with Gasteiger partial charge in [0.15, 0.2) is 5.76 Å². The van der Waals surface area contributed by atoms with Crippen molar-refractivity contribution in [1.29, 1.82) is 0 Å². The monoisotopic (exact) mass is 427 g/mol. The Hall–Kier alpha value is -3.13. The molecule has 0 aliphatic carbocycles. The maximum absolute atomic E-state index is 12.4. The predicted molar refractivity (Wildman–Crippen MR) is 116 cm³/mol. The number of amides is 3. The minimum Gasteiger partial charge on any atom is -0.459 e. The van der Waals surface area contributed by atoms with Crippen molar-refractivity contribution in [2.75, 3.05) is 39.3 Å². The predicted octanol–water partition coefficient (Wildman–Crippen LogP) is 0.176. The summed E-state index contributed by atoms with van der Waals surface area (Å²) in [6.45, 7) is 8.16. The Balaban J connectivity index is 1.34. The van der Waals surface area contributed by atoms with E-state index in [1.54, 1.807) is 11.0 Å². The minimum atomic E-state index is -0.468. The van der Waals surface area contributed by atoms with Crippen LogP contribution in [0, 0.1) is 0 Å². The second-order valence-corrected chi connectivity index (χ2v) is 8.14. The van der Waals surface area contributed by atoms with Gasteiger partial charge >= 0.3 is 0 Å². The van der Waals surface area contributed by atoms with E-state index < -0.39 is 11.8 Å². The number of rotatable bonds is 8. The van der Waals surface area contributed by atoms with Crippen molar-refractivity contribution in [3.63, 3.8) is 0 Å². The highest BCUT2D eigenvalue weighted by molar-refractivity contribution is 5.94. The lowest BCUT2D eigenvalue weighted by Crippen LogP contribution is -3.13. The molecular formula is C23H31N4O4+. The molecule has 3 N–H and O–H groups in total. The van der Waals surface area contributed by atoms with Gasteiger partial charge in [-0.15, -0.1) is 0 Å². The lowest BCUT2D eigenvalue weighted by Gasteiger charge is -2.32. The van der Waals surface area contributed by atoms with Gasteiger partial charge in [0.1, 0.15) is 6.54 Å². The molecule has 1 saturated heterocycles. The zero-order valence-corrected chi connectivity index (χ0v) is 18.1. The van der Waals surface area contributed by atoms with Crippen LogP contribution >= 0.6 is 0 Å². The van der Waals surface area contributed by atoms with Crippen molar-refractivity contribution in [3.8, 4) is 0 Å². The largest absolute Gasteiger partial charge is 0.459 e. The number of carbonyl (C=O) groups is 3. The van der Waals surface area contributed by atoms with Gasteiger partial charge in [-0.1, -0.05) is 38.1 Å². The Labute approximate surface area is 182 Å². The summed E-state index contributed by atoms with van der Waals surface area (Å²) in [5.41, 5.74) is 2.65. The highest BCUT2D eigenvalue weighted by Crippen LogP contribution is 2.14. The van der Waals surface area contributed by atoms with Crippen molar-refractivity contribution in [2.24, 2.45) is 0 Å². The molecule has 0 bridgehead atoms. The highest BCUT2D eigenvalue weighted by Gasteiger charge is 2.24. The Morgan fingerprint density at radius 1 is 1.03 bits per heavy atom. The van der Waals surface area contributed by atoms with Gasteiger partial charge in [-0.2, -0.15) is 0 Å². The van der Waals surface area contributed by atoms with Crippen LogP contribution in [0.4, 0.5) is 0 Å². The standard InChI is InChI=1S/C23H30N4O4/c1-17(2)19-7-5-18(6-8-19)16-26-9-11-27(12-10-26)22(29)15-24-21(28)14-25-23(30)20-4-3-13-31-20/h3-8,13,17H,9-12,14-16H2,1-2H3,(H,24,28)(H,25,30)/p+1. The maximum Gasteiger partial charge on any atom is 0.287 e. The van der Waals surface area contributed by atoms with Crippen LogP contribution in [0.3, 0.4) is 0 Å². The third kappa shape index (κ3) is 6.68. The normalized spacial score (nSPS) is 14.5. The number of carbonyl (C=O) groups excluding carboxylic acids is 3. The SMILES string of the molecule is CC(C)c1ccc(C[NH+]2CCN(C(=O)CNC(=O)CNC(=O)c3ccco3)CC2)cc1. The summed E-state index contributed by atoms with van der Waals surface area (Å²) < 4.78 is 4.96. The third-order valence-corrected chi connectivity index (χ3v) is 5.52. The number of furan rings is 1. The molecule has 0 radical (unpaired) electrons. The van der Waals surface area contributed by atoms with Crippen LogP contribution in [-0.4, -0.2) is 61.9 Å². The fourth-order valence-electron chi connectivity index (χ4n) is 3.56. The van der Waals surface area contributed by atoms with Gasteiger partial charge in [-0.3, -0.25) is 14.4 Å². The van der Waals surface area contributed by atoms with Gasteiger partial charge in [0, 0.05) is 5.56 Å². The van der Waals surface area contributed by atoms with Crippen molar-refractivity contribution >= 4 is 17.7 Å². The van der Waals surface area contributed by atoms with Gasteiger partial charge in [-0.05, 0) is 23.6 Å². The molecular weight excluding hydrogens is 396 g/mol. The average Bonchev–Trinajstić information content (AvgIpc) is 3.32. The molecule has 2 aromatic rings. The summed E-state index contributed by atoms with van der Waals surface area (Å²) in [5, 5.41) is 5.02. The Morgan fingerprint density at radius 3 is 2.35 bits per heavy atom. The summed E-state index contributed by atoms with van der Waals surface area (Å²) in [5.74, 6) is -0.318. The average molecular weight is 428 g/mol. The molecule has 166 valence electrons. The second kappa shape index (κ2) is 10.8. The van der Waals surface area contributed by atoms with Crippen LogP contribution in [0.25, 0.3) is 0 Å². The number of hydrogen-bond donors (Lipinski definition) is 3. The van der Waals surface area contributed by atoms with Gasteiger partial charge in [0.05, 0.1) is 45.5 Å². The molecule has 2 heterocycles. The number of piperazine rings is 1. The highest BCUT2D eigenvalue weighted by atomic mass is 16.3. The van der Waals surface area contributed by atoms with E-state index in [4.69, 9.17) is 4.42 Å². The van der Waals surface area contributed by atoms with E-state index in [-0.39, 0.29) is 24.8 Å². The lowest BCUT2D eigenvalue weighted by molar-refractivity contribution is -0.917. The number of quaternary nitrogens is 1. The Kier molecular flexibility index (Phi) is 7.83. The molecule has 3 rings (SSSR count). The molecule has 1 aliphatic rings. The minimum absolute atomic E-state index is 0.0680. The van der Waals surface area contributed by atoms with Crippen LogP contribution in [0.15, 0.2) is 47.1 Å². The van der Waals surface area contributed by atoms with E-state index in [1.165, 1.54) is 28.4 Å². The van der Waals surface area contributed by atoms with E-state index in [1.807, 2.05) is 0 Å². The molecule has 31 heavy (non-hydrogen) atoms. The molecule has 3 amide bonds. The second-order valence-electron chi connectivity index (χ2n) is 8.14. The summed E-state index contributed by atoms with van der Waals surface area (Å²) in [6, 6.07) is 11.9. The fourth-order valence-corrected chi connectivity index (χ4v) is 3.56. The molecule has 8 nitrogen and oxygen atoms in total. The van der Waals surface area contributed by atoms with Crippen LogP contribution in [0.1, 0.15) is 41.4 Å².